The Morgan fingerprint density at radius 2 is 1.89 bits per heavy atom. The average molecular weight is 551 g/mol. The molecule has 2 aliphatic heterocycles. The van der Waals surface area contributed by atoms with E-state index in [0.29, 0.717) is 50.8 Å². The number of unbranched alkanes of at least 4 members (excludes halogenated alkanes) is 5. The van der Waals surface area contributed by atoms with Gasteiger partial charge in [-0.1, -0.05) is 75.1 Å². The Bertz CT molecular complexity index is 1450. The third-order valence-corrected chi connectivity index (χ3v) is 7.90. The highest BCUT2D eigenvalue weighted by Gasteiger charge is 2.33. The second-order valence-electron chi connectivity index (χ2n) is 9.26. The molecule has 0 unspecified atom stereocenters. The number of ether oxygens (including phenoxy) is 2. The van der Waals surface area contributed by atoms with Crippen LogP contribution in [0.4, 0.5) is 5.82 Å². The van der Waals surface area contributed by atoms with Crippen LogP contribution in [0.15, 0.2) is 52.3 Å². The van der Waals surface area contributed by atoms with Crippen LogP contribution >= 0.6 is 24.0 Å². The molecule has 0 saturated carbocycles. The molecule has 4 heterocycles. The molecule has 0 bridgehead atoms. The standard InChI is InChI=1S/C28H30N4O4S2/c1-2-3-4-5-6-8-13-29-25-20(26(33)31-14-9-7-10-24(31)30-25)16-23-27(34)32(28(37)38-23)17-19-11-12-21-22(15-19)36-18-35-21/h7,9-12,14-16,29H,2-6,8,13,17-18H2,1H3/b23-16-. The Labute approximate surface area is 231 Å². The van der Waals surface area contributed by atoms with Crippen LogP contribution in [0, 0.1) is 0 Å². The van der Waals surface area contributed by atoms with Gasteiger partial charge in [0.2, 0.25) is 6.79 Å². The molecule has 5 rings (SSSR count). The maximum atomic E-state index is 13.5. The number of anilines is 1. The number of fused-ring (bicyclic) bond motifs is 2. The van der Waals surface area contributed by atoms with Crippen LogP contribution in [-0.4, -0.2) is 37.8 Å². The summed E-state index contributed by atoms with van der Waals surface area (Å²) in [6, 6.07) is 11.0. The second-order valence-corrected chi connectivity index (χ2v) is 10.9. The maximum Gasteiger partial charge on any atom is 0.267 e. The van der Waals surface area contributed by atoms with Gasteiger partial charge in [-0.15, -0.1) is 0 Å². The first-order chi connectivity index (χ1) is 18.5. The highest BCUT2D eigenvalue weighted by Crippen LogP contribution is 2.36. The van der Waals surface area contributed by atoms with Gasteiger partial charge in [0, 0.05) is 12.7 Å². The number of hydrogen-bond acceptors (Lipinski definition) is 8. The number of nitrogens with zero attached hydrogens (tertiary/aromatic N) is 3. The number of nitrogens with one attached hydrogen (secondary N) is 1. The lowest BCUT2D eigenvalue weighted by Gasteiger charge is -2.15. The van der Waals surface area contributed by atoms with Crippen molar-refractivity contribution in [1.29, 1.82) is 0 Å². The van der Waals surface area contributed by atoms with Gasteiger partial charge in [-0.2, -0.15) is 0 Å². The summed E-state index contributed by atoms with van der Waals surface area (Å²) in [6.07, 6.45) is 10.3. The van der Waals surface area contributed by atoms with Gasteiger partial charge in [-0.3, -0.25) is 18.9 Å². The van der Waals surface area contributed by atoms with Crippen molar-refractivity contribution < 1.29 is 14.3 Å². The number of carbonyl (C=O) groups is 1. The van der Waals surface area contributed by atoms with Crippen molar-refractivity contribution in [2.24, 2.45) is 0 Å². The van der Waals surface area contributed by atoms with Crippen molar-refractivity contribution >= 4 is 51.7 Å². The van der Waals surface area contributed by atoms with Crippen molar-refractivity contribution in [3.63, 3.8) is 0 Å². The van der Waals surface area contributed by atoms with Gasteiger partial charge in [-0.05, 0) is 42.3 Å². The first-order valence-electron chi connectivity index (χ1n) is 12.9. The summed E-state index contributed by atoms with van der Waals surface area (Å²) in [4.78, 5) is 33.5. The van der Waals surface area contributed by atoms with Crippen molar-refractivity contribution in [2.45, 2.75) is 52.0 Å². The van der Waals surface area contributed by atoms with Crippen LogP contribution in [0.3, 0.4) is 0 Å². The summed E-state index contributed by atoms with van der Waals surface area (Å²) in [6.45, 7) is 3.40. The fraction of sp³-hybridized carbons (Fsp3) is 0.357. The summed E-state index contributed by atoms with van der Waals surface area (Å²) in [5.41, 5.74) is 1.54. The molecule has 1 aromatic carbocycles. The minimum atomic E-state index is -0.239. The fourth-order valence-electron chi connectivity index (χ4n) is 4.47. The highest BCUT2D eigenvalue weighted by molar-refractivity contribution is 8.26. The van der Waals surface area contributed by atoms with E-state index in [4.69, 9.17) is 26.7 Å². The van der Waals surface area contributed by atoms with Gasteiger partial charge in [0.1, 0.15) is 15.8 Å². The monoisotopic (exact) mass is 550 g/mol. The van der Waals surface area contributed by atoms with Crippen molar-refractivity contribution in [2.75, 3.05) is 18.7 Å². The lowest BCUT2D eigenvalue weighted by Crippen LogP contribution is -2.27. The van der Waals surface area contributed by atoms with Gasteiger partial charge >= 0.3 is 0 Å². The molecule has 3 aromatic rings. The molecule has 0 atom stereocenters. The lowest BCUT2D eigenvalue weighted by molar-refractivity contribution is -0.122. The quantitative estimate of drug-likeness (QED) is 0.188. The Balaban J connectivity index is 1.37. The van der Waals surface area contributed by atoms with Crippen molar-refractivity contribution in [3.8, 4) is 11.5 Å². The number of rotatable bonds is 11. The first kappa shape index (κ1) is 26.2. The number of hydrogen-bond donors (Lipinski definition) is 1. The fourth-order valence-corrected chi connectivity index (χ4v) is 5.71. The molecule has 38 heavy (non-hydrogen) atoms. The second kappa shape index (κ2) is 12.0. The van der Waals surface area contributed by atoms with Gasteiger partial charge in [0.05, 0.1) is 17.0 Å². The van der Waals surface area contributed by atoms with E-state index < -0.39 is 0 Å². The summed E-state index contributed by atoms with van der Waals surface area (Å²) in [5, 5.41) is 3.35. The van der Waals surface area contributed by atoms with E-state index >= 15 is 0 Å². The molecular formula is C28H30N4O4S2. The molecular weight excluding hydrogens is 520 g/mol. The Hall–Kier alpha value is -3.37. The summed E-state index contributed by atoms with van der Waals surface area (Å²) >= 11 is 6.73. The summed E-state index contributed by atoms with van der Waals surface area (Å²) in [5.74, 6) is 1.58. The summed E-state index contributed by atoms with van der Waals surface area (Å²) in [7, 11) is 0. The Morgan fingerprint density at radius 1 is 1.08 bits per heavy atom. The molecule has 198 valence electrons. The molecule has 2 aliphatic rings. The van der Waals surface area contributed by atoms with Gasteiger partial charge in [0.25, 0.3) is 11.5 Å². The lowest BCUT2D eigenvalue weighted by atomic mass is 10.1. The topological polar surface area (TPSA) is 85.2 Å². The molecule has 0 aliphatic carbocycles. The minimum Gasteiger partial charge on any atom is -0.454 e. The molecule has 1 fully saturated rings. The number of carbonyl (C=O) groups excluding carboxylic acids is 1. The zero-order valence-corrected chi connectivity index (χ0v) is 22.9. The zero-order valence-electron chi connectivity index (χ0n) is 21.3. The van der Waals surface area contributed by atoms with E-state index in [0.717, 1.165) is 18.4 Å². The van der Waals surface area contributed by atoms with E-state index in [-0.39, 0.29) is 18.3 Å². The van der Waals surface area contributed by atoms with Crippen molar-refractivity contribution in [3.05, 3.63) is 69.0 Å². The first-order valence-corrected chi connectivity index (χ1v) is 14.2. The number of thioether (sulfide) groups is 1. The number of aromatic nitrogens is 2. The minimum absolute atomic E-state index is 0.188. The summed E-state index contributed by atoms with van der Waals surface area (Å²) < 4.78 is 12.8. The van der Waals surface area contributed by atoms with Crippen LogP contribution in [0.5, 0.6) is 11.5 Å². The molecule has 1 amide bonds. The van der Waals surface area contributed by atoms with E-state index in [1.54, 1.807) is 29.3 Å². The smallest absolute Gasteiger partial charge is 0.267 e. The predicted molar refractivity (Wildman–Crippen MR) is 155 cm³/mol. The van der Waals surface area contributed by atoms with Gasteiger partial charge in [-0.25, -0.2) is 4.98 Å². The number of thiocarbonyl (C=S) groups is 1. The predicted octanol–water partition coefficient (Wildman–Crippen LogP) is 5.60. The molecule has 0 spiro atoms. The Kier molecular flexibility index (Phi) is 8.29. The van der Waals surface area contributed by atoms with Crippen LogP contribution in [0.1, 0.15) is 56.6 Å². The van der Waals surface area contributed by atoms with Crippen LogP contribution in [0.25, 0.3) is 11.7 Å². The van der Waals surface area contributed by atoms with E-state index in [2.05, 4.69) is 12.2 Å². The van der Waals surface area contributed by atoms with Crippen LogP contribution < -0.4 is 20.3 Å². The average Bonchev–Trinajstić information content (AvgIpc) is 3.49. The van der Waals surface area contributed by atoms with Crippen molar-refractivity contribution in [1.82, 2.24) is 14.3 Å². The van der Waals surface area contributed by atoms with Crippen LogP contribution in [-0.2, 0) is 11.3 Å². The highest BCUT2D eigenvalue weighted by atomic mass is 32.2. The molecule has 1 saturated heterocycles. The zero-order chi connectivity index (χ0) is 26.5. The number of pyridine rings is 1. The van der Waals surface area contributed by atoms with E-state index in [9.17, 15) is 9.59 Å². The van der Waals surface area contributed by atoms with Crippen LogP contribution in [0.2, 0.25) is 0 Å². The SMILES string of the molecule is CCCCCCCCNc1nc2ccccn2c(=O)c1/C=C1\SC(=S)N(Cc2ccc3c(c2)OCO3)C1=O. The van der Waals surface area contributed by atoms with E-state index in [1.165, 1.54) is 41.8 Å². The number of benzene rings is 1. The third-order valence-electron chi connectivity index (χ3n) is 6.52. The van der Waals surface area contributed by atoms with E-state index in [1.807, 2.05) is 24.3 Å². The normalized spacial score (nSPS) is 15.7. The Morgan fingerprint density at radius 3 is 2.76 bits per heavy atom. The molecule has 10 heteroatoms. The molecule has 1 N–H and O–H groups in total. The van der Waals surface area contributed by atoms with Gasteiger partial charge < -0.3 is 14.8 Å². The van der Waals surface area contributed by atoms with Gasteiger partial charge in [0.15, 0.2) is 11.5 Å². The molecule has 8 nitrogen and oxygen atoms in total. The molecule has 2 aromatic heterocycles. The maximum absolute atomic E-state index is 13.5. The molecule has 0 radical (unpaired) electrons. The largest absolute Gasteiger partial charge is 0.454 e. The third kappa shape index (κ3) is 5.71. The number of amides is 1.